The molecule has 0 saturated heterocycles. The summed E-state index contributed by atoms with van der Waals surface area (Å²) in [5, 5.41) is 15.2. The van der Waals surface area contributed by atoms with Crippen molar-refractivity contribution in [3.63, 3.8) is 0 Å². The minimum absolute atomic E-state index is 0.118. The molecule has 2 atom stereocenters. The highest BCUT2D eigenvalue weighted by Gasteiger charge is 2.28. The van der Waals surface area contributed by atoms with E-state index in [0.717, 1.165) is 22.3 Å². The van der Waals surface area contributed by atoms with E-state index in [0.29, 0.717) is 89.7 Å². The molecule has 8 heterocycles. The van der Waals surface area contributed by atoms with E-state index in [1.165, 1.54) is 9.13 Å². The summed E-state index contributed by atoms with van der Waals surface area (Å²) in [5.41, 5.74) is 8.15. The number of pyridine rings is 4. The molecule has 0 radical (unpaired) electrons. The molecule has 0 saturated carbocycles. The zero-order valence-corrected chi connectivity index (χ0v) is 42.6. The van der Waals surface area contributed by atoms with Crippen molar-refractivity contribution in [1.82, 2.24) is 59.2 Å². The molecule has 384 valence electrons. The smallest absolute Gasteiger partial charge is 0.330 e. The van der Waals surface area contributed by atoms with Crippen LogP contribution in [0.5, 0.6) is 11.5 Å². The van der Waals surface area contributed by atoms with E-state index >= 15 is 0 Å². The quantitative estimate of drug-likeness (QED) is 0.0868. The maximum absolute atomic E-state index is 14.5. The number of methoxy groups -OCH3 is 2. The van der Waals surface area contributed by atoms with Crippen LogP contribution in [0.1, 0.15) is 60.2 Å². The molecule has 0 fully saturated rings. The van der Waals surface area contributed by atoms with Gasteiger partial charge in [-0.2, -0.15) is 0 Å². The van der Waals surface area contributed by atoms with Crippen molar-refractivity contribution in [3.8, 4) is 33.8 Å². The minimum Gasteiger partial charge on any atom is -0.496 e. The van der Waals surface area contributed by atoms with Crippen molar-refractivity contribution >= 4 is 55.7 Å². The molecule has 0 bridgehead atoms. The van der Waals surface area contributed by atoms with Gasteiger partial charge in [0, 0.05) is 47.4 Å². The highest BCUT2D eigenvalue weighted by Crippen LogP contribution is 2.41. The second-order valence-corrected chi connectivity index (χ2v) is 18.2. The number of nitrogens with zero attached hydrogens (tertiary/aromatic N) is 10. The lowest BCUT2D eigenvalue weighted by Crippen LogP contribution is -2.36. The summed E-state index contributed by atoms with van der Waals surface area (Å²) in [6.45, 7) is 11.0. The van der Waals surface area contributed by atoms with Gasteiger partial charge < -0.3 is 33.9 Å². The Morgan fingerprint density at radius 2 is 1.04 bits per heavy atom. The first kappa shape index (κ1) is 49.6. The van der Waals surface area contributed by atoms with Gasteiger partial charge in [-0.05, 0) is 90.1 Å². The summed E-state index contributed by atoms with van der Waals surface area (Å²) >= 11 is 0. The van der Waals surface area contributed by atoms with Gasteiger partial charge in [-0.25, -0.2) is 9.59 Å². The average Bonchev–Trinajstić information content (AvgIpc) is 4.12. The van der Waals surface area contributed by atoms with E-state index in [1.807, 2.05) is 90.1 Å². The lowest BCUT2D eigenvalue weighted by atomic mass is 10.00. The molecule has 21 heteroatoms. The maximum atomic E-state index is 14.5. The van der Waals surface area contributed by atoms with Gasteiger partial charge in [0.1, 0.15) is 36.1 Å². The zero-order valence-electron chi connectivity index (χ0n) is 42.6. The standard InChI is InChI=1S/C54H54N12O9/c1-29-49(33(5)74-61-29)37-21-41-35(23-45(37)71-7)51-43(25-59-41)63(53(69)65(51)31(3)39-13-9-11-15-55-39)27-47(67)57-17-19-73-20-18-58-48(68)28-64-44-26-60-42-22-38(50-30(2)62-75-34(50)6)46(72-8)24-36(42)52(44)66(54(64)70)32(4)40-14-10-12-16-56-40/h9-16,21-26,31-32H,17-20,27-28H2,1-8H3,(H,57,67)(H,58,68). The third-order valence-electron chi connectivity index (χ3n) is 13.6. The molecule has 75 heavy (non-hydrogen) atoms. The topological polar surface area (TPSA) is 243 Å². The maximum Gasteiger partial charge on any atom is 0.330 e. The largest absolute Gasteiger partial charge is 0.496 e. The molecule has 0 spiro atoms. The first-order valence-electron chi connectivity index (χ1n) is 24.3. The number of benzene rings is 2. The number of carbonyl (C=O) groups is 2. The van der Waals surface area contributed by atoms with Crippen molar-refractivity contribution in [2.75, 3.05) is 40.5 Å². The third-order valence-corrected chi connectivity index (χ3v) is 13.6. The van der Waals surface area contributed by atoms with E-state index in [-0.39, 0.29) is 39.4 Å². The summed E-state index contributed by atoms with van der Waals surface area (Å²) < 4.78 is 34.5. The Bertz CT molecular complexity index is 3640. The van der Waals surface area contributed by atoms with Crippen LogP contribution < -0.4 is 31.5 Å². The molecule has 21 nitrogen and oxygen atoms in total. The van der Waals surface area contributed by atoms with Gasteiger partial charge in [-0.15, -0.1) is 0 Å². The molecular formula is C54H54N12O9. The van der Waals surface area contributed by atoms with Gasteiger partial charge >= 0.3 is 11.4 Å². The summed E-state index contributed by atoms with van der Waals surface area (Å²) in [4.78, 5) is 74.6. The number of hydrogen-bond donors (Lipinski definition) is 2. The summed E-state index contributed by atoms with van der Waals surface area (Å²) in [6, 6.07) is 17.5. The molecule has 0 aliphatic rings. The molecule has 0 aliphatic carbocycles. The number of rotatable bonds is 18. The number of ether oxygens (including phenoxy) is 3. The number of hydrogen-bond acceptors (Lipinski definition) is 15. The molecule has 0 aliphatic heterocycles. The second-order valence-electron chi connectivity index (χ2n) is 18.2. The molecule has 2 N–H and O–H groups in total. The Morgan fingerprint density at radius 1 is 0.613 bits per heavy atom. The molecule has 2 unspecified atom stereocenters. The van der Waals surface area contributed by atoms with E-state index in [2.05, 4.69) is 30.9 Å². The molecule has 8 aromatic heterocycles. The number of imidazole rings is 2. The number of carbonyl (C=O) groups excluding carboxylic acids is 2. The van der Waals surface area contributed by atoms with Crippen LogP contribution in [0.15, 0.2) is 104 Å². The van der Waals surface area contributed by atoms with Crippen molar-refractivity contribution in [2.24, 2.45) is 0 Å². The molecule has 10 aromatic rings. The van der Waals surface area contributed by atoms with Crippen LogP contribution in [0.4, 0.5) is 0 Å². The van der Waals surface area contributed by atoms with Crippen molar-refractivity contribution in [3.05, 3.63) is 141 Å². The van der Waals surface area contributed by atoms with Crippen molar-refractivity contribution in [2.45, 2.75) is 66.7 Å². The lowest BCUT2D eigenvalue weighted by Gasteiger charge is -2.15. The zero-order chi connectivity index (χ0) is 52.7. The number of nitrogens with one attached hydrogen (secondary N) is 2. The number of aryl methyl sites for hydroxylation is 4. The Morgan fingerprint density at radius 3 is 1.40 bits per heavy atom. The van der Waals surface area contributed by atoms with Crippen LogP contribution in [0, 0.1) is 27.7 Å². The lowest BCUT2D eigenvalue weighted by molar-refractivity contribution is -0.122. The van der Waals surface area contributed by atoms with Crippen LogP contribution in [-0.4, -0.2) is 101 Å². The van der Waals surface area contributed by atoms with Gasteiger partial charge in [0.25, 0.3) is 0 Å². The third kappa shape index (κ3) is 9.04. The molecule has 2 aromatic carbocycles. The highest BCUT2D eigenvalue weighted by atomic mass is 16.5. The molecule has 10 rings (SSSR count). The van der Waals surface area contributed by atoms with Crippen LogP contribution in [0.2, 0.25) is 0 Å². The first-order chi connectivity index (χ1) is 36.3. The van der Waals surface area contributed by atoms with Gasteiger partial charge in [0.15, 0.2) is 0 Å². The fraction of sp³-hybridized carbons (Fsp3) is 0.296. The van der Waals surface area contributed by atoms with E-state index < -0.39 is 35.3 Å². The monoisotopic (exact) mass is 1010 g/mol. The van der Waals surface area contributed by atoms with Crippen LogP contribution in [0.25, 0.3) is 66.1 Å². The minimum atomic E-state index is -0.516. The predicted octanol–water partition coefficient (Wildman–Crippen LogP) is 6.53. The van der Waals surface area contributed by atoms with Crippen LogP contribution >= 0.6 is 0 Å². The molecule has 2 amide bonds. The highest BCUT2D eigenvalue weighted by molar-refractivity contribution is 6.06. The van der Waals surface area contributed by atoms with Crippen molar-refractivity contribution < 1.29 is 32.8 Å². The normalized spacial score (nSPS) is 12.5. The van der Waals surface area contributed by atoms with E-state index in [1.54, 1.807) is 60.3 Å². The van der Waals surface area contributed by atoms with Gasteiger partial charge in [-0.3, -0.25) is 47.8 Å². The number of aromatic nitrogens is 10. The fourth-order valence-corrected chi connectivity index (χ4v) is 9.97. The van der Waals surface area contributed by atoms with E-state index in [4.69, 9.17) is 33.2 Å². The number of fused-ring (bicyclic) bond motifs is 6. The SMILES string of the molecule is COc1cc2c(cc1-c1c(C)noc1C)ncc1c2n(C(C)c2ccccn2)c(=O)n1CC(=O)NCCOCCNC(=O)Cn1c(=O)n(C(C)c2ccccn2)c2c3cc(OC)c(-c4c(C)noc4C)cc3ncc21. The van der Waals surface area contributed by atoms with Crippen LogP contribution in [-0.2, 0) is 27.4 Å². The van der Waals surface area contributed by atoms with Gasteiger partial charge in [0.2, 0.25) is 11.8 Å². The Balaban J connectivity index is 0.822. The predicted molar refractivity (Wildman–Crippen MR) is 279 cm³/mol. The van der Waals surface area contributed by atoms with Crippen molar-refractivity contribution in [1.29, 1.82) is 0 Å². The van der Waals surface area contributed by atoms with E-state index in [9.17, 15) is 19.2 Å². The van der Waals surface area contributed by atoms with Crippen LogP contribution in [0.3, 0.4) is 0 Å². The number of amides is 2. The fourth-order valence-electron chi connectivity index (χ4n) is 9.97. The summed E-state index contributed by atoms with van der Waals surface area (Å²) in [7, 11) is 3.14. The first-order valence-corrected chi connectivity index (χ1v) is 24.3. The summed E-state index contributed by atoms with van der Waals surface area (Å²) in [5.74, 6) is 1.47. The van der Waals surface area contributed by atoms with Gasteiger partial charge in [-0.1, -0.05) is 22.4 Å². The Labute approximate surface area is 428 Å². The Kier molecular flexibility index (Phi) is 13.6. The summed E-state index contributed by atoms with van der Waals surface area (Å²) in [6.07, 6.45) is 6.54. The average molecular weight is 1020 g/mol. The molecular weight excluding hydrogens is 961 g/mol. The second kappa shape index (κ2) is 20.5. The van der Waals surface area contributed by atoms with Gasteiger partial charge in [0.05, 0.1) is 119 Å². The Hall–Kier alpha value is -8.98.